The summed E-state index contributed by atoms with van der Waals surface area (Å²) in [6, 6.07) is 0. The second-order valence-corrected chi connectivity index (χ2v) is 14.0. The number of hydrogen-bond donors (Lipinski definition) is 2. The Kier molecular flexibility index (Phi) is 6.15. The standard InChI is InChI=1S/C32H45NO5/c1-19-20-8-9-23-30(4,21(20)16-22(34)26(19)38-18-25(35)37-7)13-15-32(6)24-17-29(3,27(33)36)11-10-28(24,2)12-14-31(23,32)5/h8-9,16,22,24,34H,10-15,17-18H2,1-7H3,(H2,33,36)/t22?,24-,28-,29-,30+,31-,32+/m1/s1. The zero-order valence-corrected chi connectivity index (χ0v) is 24.2. The molecule has 7 atom stereocenters. The molecule has 6 heteroatoms. The van der Waals surface area contributed by atoms with E-state index in [2.05, 4.69) is 46.8 Å². The SMILES string of the molecule is COC(=O)COC1=C(C)C2=CC=C3[C@@](C)(CC[C@@]4(C)[C@@H]5C[C@](C)(C(N)=O)CC[C@]5(C)CC[C@]34C)C2=CC1O. The predicted molar refractivity (Wildman–Crippen MR) is 146 cm³/mol. The summed E-state index contributed by atoms with van der Waals surface area (Å²) in [7, 11) is 1.33. The van der Waals surface area contributed by atoms with Crippen LogP contribution in [-0.4, -0.2) is 36.8 Å². The molecule has 0 aromatic heterocycles. The van der Waals surface area contributed by atoms with Crippen molar-refractivity contribution in [2.75, 3.05) is 13.7 Å². The Bertz CT molecular complexity index is 1210. The Labute approximate surface area is 227 Å². The number of primary amides is 1. The number of aliphatic hydroxyl groups excluding tert-OH is 1. The summed E-state index contributed by atoms with van der Waals surface area (Å²) in [5, 5.41) is 11.1. The Morgan fingerprint density at radius 3 is 2.37 bits per heavy atom. The lowest BCUT2D eigenvalue weighted by Gasteiger charge is -2.70. The van der Waals surface area contributed by atoms with Crippen molar-refractivity contribution in [1.29, 1.82) is 0 Å². The lowest BCUT2D eigenvalue weighted by molar-refractivity contribution is -0.167. The first-order valence-electron chi connectivity index (χ1n) is 14.2. The summed E-state index contributed by atoms with van der Waals surface area (Å²) >= 11 is 0. The van der Waals surface area contributed by atoms with Crippen LogP contribution in [-0.2, 0) is 19.1 Å². The molecular formula is C32H45NO5. The number of ether oxygens (including phenoxy) is 2. The summed E-state index contributed by atoms with van der Waals surface area (Å²) in [4.78, 5) is 24.2. The van der Waals surface area contributed by atoms with E-state index in [-0.39, 0.29) is 34.2 Å². The molecule has 3 N–H and O–H groups in total. The fraction of sp³-hybridized carbons (Fsp3) is 0.688. The number of hydrogen-bond acceptors (Lipinski definition) is 5. The van der Waals surface area contributed by atoms with Crippen LogP contribution in [0.2, 0.25) is 0 Å². The monoisotopic (exact) mass is 523 g/mol. The van der Waals surface area contributed by atoms with Crippen LogP contribution in [0.4, 0.5) is 0 Å². The number of esters is 1. The number of amides is 1. The molecule has 0 radical (unpaired) electrons. The van der Waals surface area contributed by atoms with Crippen LogP contribution in [0.15, 0.2) is 46.3 Å². The number of nitrogens with two attached hydrogens (primary N) is 1. The van der Waals surface area contributed by atoms with Crippen LogP contribution in [0.25, 0.3) is 0 Å². The normalized spacial score (nSPS) is 43.8. The van der Waals surface area contributed by atoms with Crippen molar-refractivity contribution in [3.05, 3.63) is 46.3 Å². The van der Waals surface area contributed by atoms with Gasteiger partial charge in [-0.2, -0.15) is 0 Å². The molecule has 0 spiro atoms. The molecule has 5 rings (SSSR count). The van der Waals surface area contributed by atoms with E-state index in [1.54, 1.807) is 0 Å². The van der Waals surface area contributed by atoms with E-state index < -0.39 is 17.5 Å². The van der Waals surface area contributed by atoms with Crippen LogP contribution in [0.1, 0.15) is 86.5 Å². The number of carbonyl (C=O) groups is 2. The van der Waals surface area contributed by atoms with Gasteiger partial charge < -0.3 is 20.3 Å². The molecule has 3 saturated carbocycles. The van der Waals surface area contributed by atoms with Crippen molar-refractivity contribution >= 4 is 11.9 Å². The molecule has 208 valence electrons. The highest BCUT2D eigenvalue weighted by molar-refractivity contribution is 5.80. The minimum Gasteiger partial charge on any atom is -0.483 e. The fourth-order valence-corrected chi connectivity index (χ4v) is 9.18. The molecule has 5 aliphatic carbocycles. The molecule has 0 heterocycles. The molecular weight excluding hydrogens is 478 g/mol. The lowest BCUT2D eigenvalue weighted by Crippen LogP contribution is -2.62. The molecule has 0 bridgehead atoms. The van der Waals surface area contributed by atoms with Gasteiger partial charge in [-0.25, -0.2) is 4.79 Å². The molecule has 0 saturated heterocycles. The maximum Gasteiger partial charge on any atom is 0.343 e. The highest BCUT2D eigenvalue weighted by Crippen LogP contribution is 2.75. The van der Waals surface area contributed by atoms with Crippen molar-refractivity contribution in [2.24, 2.45) is 38.7 Å². The van der Waals surface area contributed by atoms with Gasteiger partial charge in [0.05, 0.1) is 7.11 Å². The third-order valence-electron chi connectivity index (χ3n) is 12.1. The number of methoxy groups -OCH3 is 1. The average molecular weight is 524 g/mol. The van der Waals surface area contributed by atoms with Crippen LogP contribution < -0.4 is 5.73 Å². The third kappa shape index (κ3) is 3.54. The van der Waals surface area contributed by atoms with E-state index >= 15 is 0 Å². The van der Waals surface area contributed by atoms with Crippen LogP contribution in [0.3, 0.4) is 0 Å². The molecule has 1 unspecified atom stereocenters. The second-order valence-electron chi connectivity index (χ2n) is 14.0. The summed E-state index contributed by atoms with van der Waals surface area (Å²) in [5.74, 6) is 0.202. The smallest absolute Gasteiger partial charge is 0.343 e. The van der Waals surface area contributed by atoms with Gasteiger partial charge in [0.25, 0.3) is 0 Å². The van der Waals surface area contributed by atoms with E-state index in [1.807, 2.05) is 13.0 Å². The van der Waals surface area contributed by atoms with Gasteiger partial charge in [0.1, 0.15) is 11.9 Å². The molecule has 3 fully saturated rings. The maximum atomic E-state index is 12.6. The number of carbonyl (C=O) groups excluding carboxylic acids is 2. The van der Waals surface area contributed by atoms with Crippen LogP contribution >= 0.6 is 0 Å². The Morgan fingerprint density at radius 1 is 1.03 bits per heavy atom. The maximum absolute atomic E-state index is 12.6. The molecule has 0 aliphatic heterocycles. The lowest BCUT2D eigenvalue weighted by atomic mass is 9.34. The third-order valence-corrected chi connectivity index (χ3v) is 12.1. The first kappa shape index (κ1) is 27.2. The van der Waals surface area contributed by atoms with Gasteiger partial charge in [-0.3, -0.25) is 4.79 Å². The quantitative estimate of drug-likeness (QED) is 0.473. The first-order chi connectivity index (χ1) is 17.7. The molecule has 0 aromatic carbocycles. The van der Waals surface area contributed by atoms with Crippen molar-refractivity contribution < 1.29 is 24.2 Å². The molecule has 1 amide bonds. The average Bonchev–Trinajstić information content (AvgIpc) is 2.86. The number of fused-ring (bicyclic) bond motifs is 7. The van der Waals surface area contributed by atoms with E-state index in [0.717, 1.165) is 61.7 Å². The van der Waals surface area contributed by atoms with E-state index in [0.29, 0.717) is 11.7 Å². The minimum atomic E-state index is -0.909. The molecule has 38 heavy (non-hydrogen) atoms. The van der Waals surface area contributed by atoms with Gasteiger partial charge in [-0.05, 0) is 96.8 Å². The summed E-state index contributed by atoms with van der Waals surface area (Å²) < 4.78 is 10.4. The summed E-state index contributed by atoms with van der Waals surface area (Å²) in [6.45, 7) is 13.5. The van der Waals surface area contributed by atoms with Crippen molar-refractivity contribution in [3.63, 3.8) is 0 Å². The summed E-state index contributed by atoms with van der Waals surface area (Å²) in [5.41, 5.74) is 10.1. The molecule has 0 aromatic rings. The zero-order valence-electron chi connectivity index (χ0n) is 24.2. The number of allylic oxidation sites excluding steroid dienone is 6. The van der Waals surface area contributed by atoms with Gasteiger partial charge >= 0.3 is 5.97 Å². The van der Waals surface area contributed by atoms with Crippen LogP contribution in [0.5, 0.6) is 0 Å². The largest absolute Gasteiger partial charge is 0.483 e. The van der Waals surface area contributed by atoms with Gasteiger partial charge in [0.15, 0.2) is 6.61 Å². The van der Waals surface area contributed by atoms with Crippen molar-refractivity contribution in [1.82, 2.24) is 0 Å². The molecule has 5 aliphatic rings. The summed E-state index contributed by atoms with van der Waals surface area (Å²) in [6.07, 6.45) is 12.6. The fourth-order valence-electron chi connectivity index (χ4n) is 9.18. The van der Waals surface area contributed by atoms with Gasteiger partial charge in [0, 0.05) is 10.8 Å². The van der Waals surface area contributed by atoms with Crippen LogP contribution in [0, 0.1) is 33.0 Å². The topological polar surface area (TPSA) is 98.9 Å². The Morgan fingerprint density at radius 2 is 1.71 bits per heavy atom. The highest BCUT2D eigenvalue weighted by atomic mass is 16.6. The Balaban J connectivity index is 1.56. The molecule has 6 nitrogen and oxygen atoms in total. The zero-order chi connectivity index (χ0) is 27.9. The van der Waals surface area contributed by atoms with Crippen molar-refractivity contribution in [2.45, 2.75) is 92.6 Å². The second kappa shape index (κ2) is 8.58. The Hall–Kier alpha value is -2.34. The van der Waals surface area contributed by atoms with Gasteiger partial charge in [0.2, 0.25) is 5.91 Å². The predicted octanol–water partition coefficient (Wildman–Crippen LogP) is 5.52. The van der Waals surface area contributed by atoms with E-state index in [4.69, 9.17) is 15.2 Å². The number of rotatable bonds is 4. The first-order valence-corrected chi connectivity index (χ1v) is 14.2. The van der Waals surface area contributed by atoms with E-state index in [1.165, 1.54) is 12.7 Å². The minimum absolute atomic E-state index is 0.0345. The highest BCUT2D eigenvalue weighted by Gasteiger charge is 2.67. The number of aliphatic hydroxyl groups is 1. The van der Waals surface area contributed by atoms with E-state index in [9.17, 15) is 14.7 Å². The van der Waals surface area contributed by atoms with Gasteiger partial charge in [-0.15, -0.1) is 0 Å². The van der Waals surface area contributed by atoms with Gasteiger partial charge in [-0.1, -0.05) is 52.3 Å². The van der Waals surface area contributed by atoms with Crippen molar-refractivity contribution in [3.8, 4) is 0 Å².